The molecule has 1 heterocycles. The van der Waals surface area contributed by atoms with Crippen molar-refractivity contribution in [1.82, 2.24) is 4.98 Å². The number of benzene rings is 1. The third-order valence-corrected chi connectivity index (χ3v) is 3.52. The summed E-state index contributed by atoms with van der Waals surface area (Å²) >= 11 is 7.29. The van der Waals surface area contributed by atoms with Crippen LogP contribution in [0.3, 0.4) is 0 Å². The predicted molar refractivity (Wildman–Crippen MR) is 71.2 cm³/mol. The summed E-state index contributed by atoms with van der Waals surface area (Å²) < 4.78 is 0.602. The molecule has 0 aliphatic rings. The van der Waals surface area contributed by atoms with Gasteiger partial charge in [0.25, 0.3) is 0 Å². The molecule has 0 radical (unpaired) electrons. The molecule has 0 saturated carbocycles. The Kier molecular flexibility index (Phi) is 3.97. The number of rotatable bonds is 4. The van der Waals surface area contributed by atoms with Crippen molar-refractivity contribution in [2.24, 2.45) is 0 Å². The summed E-state index contributed by atoms with van der Waals surface area (Å²) in [7, 11) is 0. The number of hydrogen-bond donors (Lipinski definition) is 0. The predicted octanol–water partition coefficient (Wildman–Crippen LogP) is 4.81. The summed E-state index contributed by atoms with van der Waals surface area (Å²) in [5.74, 6) is 0. The smallest absolute Gasteiger partial charge is 0.184 e. The van der Waals surface area contributed by atoms with Crippen molar-refractivity contribution < 1.29 is 0 Å². The molecule has 3 heteroatoms. The Morgan fingerprint density at radius 3 is 2.56 bits per heavy atom. The van der Waals surface area contributed by atoms with Gasteiger partial charge in [-0.1, -0.05) is 49.2 Å². The molecular weight excluding hydrogens is 238 g/mol. The molecule has 0 saturated heterocycles. The summed E-state index contributed by atoms with van der Waals surface area (Å²) in [6.45, 7) is 2.21. The molecule has 0 fully saturated rings. The van der Waals surface area contributed by atoms with E-state index in [4.69, 9.17) is 11.6 Å². The van der Waals surface area contributed by atoms with Crippen LogP contribution in [0.4, 0.5) is 0 Å². The van der Waals surface area contributed by atoms with E-state index in [1.54, 1.807) is 0 Å². The Labute approximate surface area is 105 Å². The highest BCUT2D eigenvalue weighted by Crippen LogP contribution is 2.24. The zero-order valence-electron chi connectivity index (χ0n) is 9.24. The normalized spacial score (nSPS) is 10.6. The van der Waals surface area contributed by atoms with E-state index in [-0.39, 0.29) is 0 Å². The van der Waals surface area contributed by atoms with Crippen molar-refractivity contribution in [1.29, 1.82) is 0 Å². The monoisotopic (exact) mass is 251 g/mol. The van der Waals surface area contributed by atoms with E-state index < -0.39 is 0 Å². The number of aromatic nitrogens is 1. The van der Waals surface area contributed by atoms with Gasteiger partial charge in [-0.25, -0.2) is 4.98 Å². The Balaban J connectivity index is 2.13. The molecule has 2 rings (SSSR count). The minimum Gasteiger partial charge on any atom is -0.225 e. The molecule has 1 nitrogen and oxygen atoms in total. The molecule has 0 bridgehead atoms. The first-order valence-electron chi connectivity index (χ1n) is 5.50. The lowest BCUT2D eigenvalue weighted by atomic mass is 10.1. The van der Waals surface area contributed by atoms with Crippen molar-refractivity contribution in [2.75, 3.05) is 0 Å². The molecule has 1 aromatic carbocycles. The number of halogens is 1. The van der Waals surface area contributed by atoms with Gasteiger partial charge in [-0.2, -0.15) is 0 Å². The molecule has 0 spiro atoms. The van der Waals surface area contributed by atoms with E-state index in [9.17, 15) is 0 Å². The zero-order chi connectivity index (χ0) is 11.4. The molecule has 0 aliphatic carbocycles. The van der Waals surface area contributed by atoms with E-state index in [1.807, 2.05) is 5.38 Å². The topological polar surface area (TPSA) is 12.9 Å². The maximum atomic E-state index is 5.82. The van der Waals surface area contributed by atoms with Gasteiger partial charge in [0.05, 0.1) is 5.69 Å². The Morgan fingerprint density at radius 1 is 1.25 bits per heavy atom. The molecule has 0 amide bonds. The molecule has 1 aromatic heterocycles. The fourth-order valence-corrected chi connectivity index (χ4v) is 2.38. The van der Waals surface area contributed by atoms with Crippen LogP contribution in [0.15, 0.2) is 29.6 Å². The molecular formula is C13H14ClNS. The highest BCUT2D eigenvalue weighted by atomic mass is 35.5. The van der Waals surface area contributed by atoms with Gasteiger partial charge in [-0.3, -0.25) is 0 Å². The van der Waals surface area contributed by atoms with Gasteiger partial charge >= 0.3 is 0 Å². The summed E-state index contributed by atoms with van der Waals surface area (Å²) in [4.78, 5) is 4.26. The van der Waals surface area contributed by atoms with Gasteiger partial charge < -0.3 is 0 Å². The number of nitrogens with zero attached hydrogens (tertiary/aromatic N) is 1. The quantitative estimate of drug-likeness (QED) is 0.760. The van der Waals surface area contributed by atoms with Crippen LogP contribution < -0.4 is 0 Å². The van der Waals surface area contributed by atoms with Crippen molar-refractivity contribution in [3.8, 4) is 11.3 Å². The van der Waals surface area contributed by atoms with E-state index in [0.29, 0.717) is 4.47 Å². The molecule has 0 aliphatic heterocycles. The molecule has 16 heavy (non-hydrogen) atoms. The second-order valence-corrected chi connectivity index (χ2v) is 5.23. The summed E-state index contributed by atoms with van der Waals surface area (Å²) in [6.07, 6.45) is 3.65. The zero-order valence-corrected chi connectivity index (χ0v) is 10.8. The highest BCUT2D eigenvalue weighted by Gasteiger charge is 2.02. The van der Waals surface area contributed by atoms with Crippen LogP contribution in [0.5, 0.6) is 0 Å². The fourth-order valence-electron chi connectivity index (χ4n) is 1.61. The third kappa shape index (κ3) is 2.83. The van der Waals surface area contributed by atoms with E-state index in [1.165, 1.54) is 29.7 Å². The first kappa shape index (κ1) is 11.6. The summed E-state index contributed by atoms with van der Waals surface area (Å²) in [5, 5.41) is 1.99. The van der Waals surface area contributed by atoms with Crippen LogP contribution in [0, 0.1) is 0 Å². The Hall–Kier alpha value is -0.860. The lowest BCUT2D eigenvalue weighted by Crippen LogP contribution is -1.84. The average molecular weight is 252 g/mol. The van der Waals surface area contributed by atoms with Gasteiger partial charge in [0, 0.05) is 10.9 Å². The molecule has 0 N–H and O–H groups in total. The lowest BCUT2D eigenvalue weighted by Gasteiger charge is -2.01. The van der Waals surface area contributed by atoms with Gasteiger partial charge in [0.2, 0.25) is 0 Å². The number of thiazole rings is 1. The number of aryl methyl sites for hydroxylation is 1. The molecule has 0 atom stereocenters. The standard InChI is InChI=1S/C13H14ClNS/c1-2-3-4-10-5-7-11(8-6-10)12-9-16-13(14)15-12/h5-9H,2-4H2,1H3. The maximum Gasteiger partial charge on any atom is 0.184 e. The van der Waals surface area contributed by atoms with Gasteiger partial charge in [-0.05, 0) is 18.4 Å². The molecule has 0 unspecified atom stereocenters. The van der Waals surface area contributed by atoms with Crippen LogP contribution in [-0.2, 0) is 6.42 Å². The minimum atomic E-state index is 0.602. The average Bonchev–Trinajstić information content (AvgIpc) is 2.74. The van der Waals surface area contributed by atoms with Crippen LogP contribution >= 0.6 is 22.9 Å². The van der Waals surface area contributed by atoms with Gasteiger partial charge in [-0.15, -0.1) is 11.3 Å². The Morgan fingerprint density at radius 2 is 2.00 bits per heavy atom. The van der Waals surface area contributed by atoms with Crippen LogP contribution in [-0.4, -0.2) is 4.98 Å². The second-order valence-electron chi connectivity index (χ2n) is 3.79. The van der Waals surface area contributed by atoms with Gasteiger partial charge in [0.15, 0.2) is 4.47 Å². The summed E-state index contributed by atoms with van der Waals surface area (Å²) in [6, 6.07) is 8.60. The molecule has 84 valence electrons. The van der Waals surface area contributed by atoms with Crippen molar-refractivity contribution in [3.63, 3.8) is 0 Å². The van der Waals surface area contributed by atoms with Crippen LogP contribution in [0.2, 0.25) is 4.47 Å². The van der Waals surface area contributed by atoms with Crippen molar-refractivity contribution in [3.05, 3.63) is 39.7 Å². The van der Waals surface area contributed by atoms with Gasteiger partial charge in [0.1, 0.15) is 0 Å². The fraction of sp³-hybridized carbons (Fsp3) is 0.308. The van der Waals surface area contributed by atoms with Crippen LogP contribution in [0.25, 0.3) is 11.3 Å². The van der Waals surface area contributed by atoms with E-state index in [2.05, 4.69) is 36.2 Å². The first-order valence-corrected chi connectivity index (χ1v) is 6.75. The van der Waals surface area contributed by atoms with E-state index in [0.717, 1.165) is 17.7 Å². The van der Waals surface area contributed by atoms with Crippen molar-refractivity contribution in [2.45, 2.75) is 26.2 Å². The second kappa shape index (κ2) is 5.46. The maximum absolute atomic E-state index is 5.82. The Bertz CT molecular complexity index is 447. The summed E-state index contributed by atoms with van der Waals surface area (Å²) in [5.41, 5.74) is 3.51. The largest absolute Gasteiger partial charge is 0.225 e. The minimum absolute atomic E-state index is 0.602. The third-order valence-electron chi connectivity index (χ3n) is 2.54. The highest BCUT2D eigenvalue weighted by molar-refractivity contribution is 7.14. The first-order chi connectivity index (χ1) is 7.79. The number of hydrogen-bond acceptors (Lipinski definition) is 2. The number of unbranched alkanes of at least 4 members (excludes halogenated alkanes) is 1. The molecule has 2 aromatic rings. The van der Waals surface area contributed by atoms with Crippen molar-refractivity contribution >= 4 is 22.9 Å². The van der Waals surface area contributed by atoms with Crippen LogP contribution in [0.1, 0.15) is 25.3 Å². The SMILES string of the molecule is CCCCc1ccc(-c2csc(Cl)n2)cc1. The van der Waals surface area contributed by atoms with E-state index >= 15 is 0 Å². The lowest BCUT2D eigenvalue weighted by molar-refractivity contribution is 0.795.